The molecule has 1 rings (SSSR count). The number of rotatable bonds is 3. The first-order chi connectivity index (χ1) is 4.83. The van der Waals surface area contributed by atoms with Crippen LogP contribution in [0.2, 0.25) is 0 Å². The second-order valence-electron chi connectivity index (χ2n) is 1.44. The number of halogens is 1. The van der Waals surface area contributed by atoms with Crippen LogP contribution >= 0.6 is 34.7 Å². The first-order valence-electron chi connectivity index (χ1n) is 2.60. The summed E-state index contributed by atoms with van der Waals surface area (Å²) >= 11 is 8.42. The van der Waals surface area contributed by atoms with Crippen molar-refractivity contribution in [1.29, 1.82) is 0 Å². The van der Waals surface area contributed by atoms with E-state index in [-0.39, 0.29) is 0 Å². The van der Waals surface area contributed by atoms with E-state index >= 15 is 0 Å². The van der Waals surface area contributed by atoms with Crippen molar-refractivity contribution >= 4 is 39.8 Å². The van der Waals surface area contributed by atoms with Gasteiger partial charge in [0.25, 0.3) is 0 Å². The van der Waals surface area contributed by atoms with Gasteiger partial charge in [0, 0.05) is 11.6 Å². The molecule has 0 aliphatic heterocycles. The topological polar surface area (TPSA) is 51.8 Å². The fourth-order valence-electron chi connectivity index (χ4n) is 0.405. The minimum atomic E-state index is 0.511. The monoisotopic (exact) mass is 195 g/mol. The highest BCUT2D eigenvalue weighted by Crippen LogP contribution is 2.22. The molecule has 1 aromatic rings. The SMILES string of the molecule is Nc1nnc(SCCCl)s1. The first kappa shape index (κ1) is 8.10. The number of hydrogen-bond acceptors (Lipinski definition) is 5. The number of anilines is 1. The van der Waals surface area contributed by atoms with Gasteiger partial charge >= 0.3 is 0 Å². The molecular weight excluding hydrogens is 190 g/mol. The highest BCUT2D eigenvalue weighted by atomic mass is 35.5. The van der Waals surface area contributed by atoms with E-state index in [2.05, 4.69) is 10.2 Å². The highest BCUT2D eigenvalue weighted by molar-refractivity contribution is 8.01. The minimum absolute atomic E-state index is 0.511. The lowest BCUT2D eigenvalue weighted by Gasteiger charge is -1.86. The molecule has 0 saturated heterocycles. The molecule has 6 heteroatoms. The Morgan fingerprint density at radius 1 is 1.60 bits per heavy atom. The van der Waals surface area contributed by atoms with Gasteiger partial charge in [0.1, 0.15) is 0 Å². The van der Waals surface area contributed by atoms with Crippen LogP contribution in [0.3, 0.4) is 0 Å². The van der Waals surface area contributed by atoms with Gasteiger partial charge in [-0.1, -0.05) is 23.1 Å². The number of thioether (sulfide) groups is 1. The summed E-state index contributed by atoms with van der Waals surface area (Å²) in [6, 6.07) is 0. The van der Waals surface area contributed by atoms with Crippen molar-refractivity contribution in [2.45, 2.75) is 4.34 Å². The number of nitrogen functional groups attached to an aromatic ring is 1. The van der Waals surface area contributed by atoms with Crippen LogP contribution in [0.1, 0.15) is 0 Å². The van der Waals surface area contributed by atoms with E-state index in [4.69, 9.17) is 17.3 Å². The second-order valence-corrected chi connectivity index (χ2v) is 4.17. The molecule has 0 bridgehead atoms. The fourth-order valence-corrected chi connectivity index (χ4v) is 2.07. The number of hydrogen-bond donors (Lipinski definition) is 1. The molecule has 0 amide bonds. The molecule has 1 aromatic heterocycles. The summed E-state index contributed by atoms with van der Waals surface area (Å²) in [6.07, 6.45) is 0. The average Bonchev–Trinajstić information content (AvgIpc) is 2.31. The molecule has 0 aliphatic carbocycles. The molecule has 0 saturated carbocycles. The third-order valence-electron chi connectivity index (χ3n) is 0.725. The summed E-state index contributed by atoms with van der Waals surface area (Å²) in [5.74, 6) is 1.49. The van der Waals surface area contributed by atoms with Crippen molar-refractivity contribution in [2.24, 2.45) is 0 Å². The Bertz CT molecular complexity index is 202. The molecule has 0 spiro atoms. The number of aromatic nitrogens is 2. The molecule has 0 aliphatic rings. The van der Waals surface area contributed by atoms with Crippen LogP contribution in [0.5, 0.6) is 0 Å². The zero-order valence-corrected chi connectivity index (χ0v) is 7.47. The van der Waals surface area contributed by atoms with Gasteiger partial charge in [0.05, 0.1) is 0 Å². The Labute approximate surface area is 72.0 Å². The Morgan fingerprint density at radius 3 is 2.90 bits per heavy atom. The molecule has 0 fully saturated rings. The summed E-state index contributed by atoms with van der Waals surface area (Å²) in [6.45, 7) is 0. The average molecular weight is 196 g/mol. The zero-order chi connectivity index (χ0) is 7.40. The second kappa shape index (κ2) is 4.00. The predicted octanol–water partition coefficient (Wildman–Crippen LogP) is 1.45. The van der Waals surface area contributed by atoms with Crippen molar-refractivity contribution in [3.63, 3.8) is 0 Å². The normalized spacial score (nSPS) is 10.1. The molecule has 56 valence electrons. The van der Waals surface area contributed by atoms with Crippen LogP contribution in [-0.4, -0.2) is 21.8 Å². The Morgan fingerprint density at radius 2 is 2.40 bits per heavy atom. The summed E-state index contributed by atoms with van der Waals surface area (Å²) in [4.78, 5) is 0. The van der Waals surface area contributed by atoms with E-state index in [1.165, 1.54) is 11.3 Å². The number of nitrogens with two attached hydrogens (primary N) is 1. The maximum Gasteiger partial charge on any atom is 0.203 e. The molecule has 2 N–H and O–H groups in total. The van der Waals surface area contributed by atoms with Gasteiger partial charge in [-0.2, -0.15) is 0 Å². The Balaban J connectivity index is 2.42. The lowest BCUT2D eigenvalue weighted by atomic mass is 11.0. The molecule has 0 aromatic carbocycles. The Kier molecular flexibility index (Phi) is 3.24. The van der Waals surface area contributed by atoms with Crippen molar-refractivity contribution < 1.29 is 0 Å². The van der Waals surface area contributed by atoms with Crippen LogP contribution < -0.4 is 5.73 Å². The maximum absolute atomic E-state index is 5.46. The lowest BCUT2D eigenvalue weighted by Crippen LogP contribution is -1.80. The molecule has 0 unspecified atom stereocenters. The highest BCUT2D eigenvalue weighted by Gasteiger charge is 1.99. The van der Waals surface area contributed by atoms with E-state index in [1.807, 2.05) is 0 Å². The van der Waals surface area contributed by atoms with E-state index in [0.717, 1.165) is 10.1 Å². The maximum atomic E-state index is 5.46. The van der Waals surface area contributed by atoms with Crippen molar-refractivity contribution in [1.82, 2.24) is 10.2 Å². The predicted molar refractivity (Wildman–Crippen MR) is 45.8 cm³/mol. The summed E-state index contributed by atoms with van der Waals surface area (Å²) in [5.41, 5.74) is 5.35. The molecular formula is C4H6ClN3S2. The largest absolute Gasteiger partial charge is 0.374 e. The summed E-state index contributed by atoms with van der Waals surface area (Å²) < 4.78 is 0.887. The molecule has 1 heterocycles. The van der Waals surface area contributed by atoms with Gasteiger partial charge in [-0.25, -0.2) is 0 Å². The van der Waals surface area contributed by atoms with E-state index < -0.39 is 0 Å². The quantitative estimate of drug-likeness (QED) is 0.586. The van der Waals surface area contributed by atoms with Gasteiger partial charge < -0.3 is 5.73 Å². The van der Waals surface area contributed by atoms with E-state index in [0.29, 0.717) is 11.0 Å². The van der Waals surface area contributed by atoms with Crippen molar-refractivity contribution in [2.75, 3.05) is 17.4 Å². The number of nitrogens with zero attached hydrogens (tertiary/aromatic N) is 2. The third kappa shape index (κ3) is 2.32. The Hall–Kier alpha value is -0.0000000000000000278. The van der Waals surface area contributed by atoms with Crippen molar-refractivity contribution in [3.8, 4) is 0 Å². The van der Waals surface area contributed by atoms with Crippen LogP contribution in [0, 0.1) is 0 Å². The molecule has 3 nitrogen and oxygen atoms in total. The molecule has 0 radical (unpaired) electrons. The van der Waals surface area contributed by atoms with Crippen LogP contribution in [-0.2, 0) is 0 Å². The smallest absolute Gasteiger partial charge is 0.203 e. The van der Waals surface area contributed by atoms with Gasteiger partial charge in [-0.05, 0) is 0 Å². The summed E-state index contributed by atoms with van der Waals surface area (Å²) in [7, 11) is 0. The van der Waals surface area contributed by atoms with E-state index in [9.17, 15) is 0 Å². The summed E-state index contributed by atoms with van der Waals surface area (Å²) in [5, 5.41) is 7.96. The van der Waals surface area contributed by atoms with Gasteiger partial charge in [0.15, 0.2) is 4.34 Å². The van der Waals surface area contributed by atoms with Crippen molar-refractivity contribution in [3.05, 3.63) is 0 Å². The van der Waals surface area contributed by atoms with Crippen LogP contribution in [0.25, 0.3) is 0 Å². The standard InChI is InChI=1S/C4H6ClN3S2/c5-1-2-9-4-8-7-3(6)10-4/h1-2H2,(H2,6,7). The molecule has 0 atom stereocenters. The zero-order valence-electron chi connectivity index (χ0n) is 5.08. The van der Waals surface area contributed by atoms with Gasteiger partial charge in [0.2, 0.25) is 5.13 Å². The lowest BCUT2D eigenvalue weighted by molar-refractivity contribution is 1.02. The van der Waals surface area contributed by atoms with Gasteiger partial charge in [-0.15, -0.1) is 21.8 Å². The fraction of sp³-hybridized carbons (Fsp3) is 0.500. The third-order valence-corrected chi connectivity index (χ3v) is 3.03. The van der Waals surface area contributed by atoms with Crippen LogP contribution in [0.15, 0.2) is 4.34 Å². The van der Waals surface area contributed by atoms with Gasteiger partial charge in [-0.3, -0.25) is 0 Å². The minimum Gasteiger partial charge on any atom is -0.374 e. The van der Waals surface area contributed by atoms with E-state index in [1.54, 1.807) is 11.8 Å². The van der Waals surface area contributed by atoms with Crippen LogP contribution in [0.4, 0.5) is 5.13 Å². The number of alkyl halides is 1. The first-order valence-corrected chi connectivity index (χ1v) is 4.94. The molecule has 10 heavy (non-hydrogen) atoms.